The van der Waals surface area contributed by atoms with Crippen LogP contribution in [0.3, 0.4) is 0 Å². The van der Waals surface area contributed by atoms with Gasteiger partial charge in [-0.15, -0.1) is 0 Å². The number of urea groups is 1. The maximum atomic E-state index is 11.6. The van der Waals surface area contributed by atoms with Crippen molar-refractivity contribution in [2.75, 3.05) is 13.1 Å². The number of aromatic nitrogens is 3. The van der Waals surface area contributed by atoms with Gasteiger partial charge in [0.15, 0.2) is 0 Å². The number of nitrogens with one attached hydrogen (secondary N) is 3. The Balaban J connectivity index is 2.33. The van der Waals surface area contributed by atoms with Crippen molar-refractivity contribution in [3.8, 4) is 0 Å². The third-order valence-corrected chi connectivity index (χ3v) is 3.51. The Bertz CT molecular complexity index is 428. The molecule has 0 fully saturated rings. The minimum atomic E-state index is -0.901. The molecule has 0 radical (unpaired) electrons. The molecule has 20 heavy (non-hydrogen) atoms. The Labute approximate surface area is 117 Å². The van der Waals surface area contributed by atoms with E-state index in [0.29, 0.717) is 31.6 Å². The number of nitrogens with zero attached hydrogens (tertiary/aromatic N) is 2. The molecule has 1 rings (SSSR count). The molecule has 0 spiro atoms. The minimum absolute atomic E-state index is 0.115. The van der Waals surface area contributed by atoms with E-state index >= 15 is 0 Å². The van der Waals surface area contributed by atoms with Gasteiger partial charge in [0.2, 0.25) is 0 Å². The van der Waals surface area contributed by atoms with Crippen LogP contribution in [-0.4, -0.2) is 45.4 Å². The van der Waals surface area contributed by atoms with E-state index < -0.39 is 11.4 Å². The maximum absolute atomic E-state index is 11.6. The number of hydrogen-bond acceptors (Lipinski definition) is 4. The standard InChI is InChI=1S/C12H21N5O3/c1-3-12(4-2,10(18)19)7-14-11(20)13-6-5-9-15-8-16-17-9/h8H,3-7H2,1-2H3,(H,18,19)(H2,13,14,20)(H,15,16,17). The first kappa shape index (κ1) is 15.9. The first-order valence-corrected chi connectivity index (χ1v) is 6.63. The lowest BCUT2D eigenvalue weighted by atomic mass is 9.82. The van der Waals surface area contributed by atoms with E-state index in [-0.39, 0.29) is 12.6 Å². The van der Waals surface area contributed by atoms with Crippen LogP contribution in [0.2, 0.25) is 0 Å². The molecule has 0 bridgehead atoms. The summed E-state index contributed by atoms with van der Waals surface area (Å²) in [5.41, 5.74) is -0.901. The quantitative estimate of drug-likeness (QED) is 0.555. The number of carbonyl (C=O) groups is 2. The van der Waals surface area contributed by atoms with Crippen molar-refractivity contribution in [2.45, 2.75) is 33.1 Å². The van der Waals surface area contributed by atoms with Crippen LogP contribution in [0.5, 0.6) is 0 Å². The third-order valence-electron chi connectivity index (χ3n) is 3.51. The summed E-state index contributed by atoms with van der Waals surface area (Å²) in [4.78, 5) is 26.8. The summed E-state index contributed by atoms with van der Waals surface area (Å²) in [6.07, 6.45) is 2.88. The molecule has 4 N–H and O–H groups in total. The zero-order valence-electron chi connectivity index (χ0n) is 11.8. The number of aliphatic carboxylic acids is 1. The predicted molar refractivity (Wildman–Crippen MR) is 72.1 cm³/mol. The van der Waals surface area contributed by atoms with Gasteiger partial charge in [-0.2, -0.15) is 5.10 Å². The number of rotatable bonds is 8. The van der Waals surface area contributed by atoms with E-state index in [1.807, 2.05) is 0 Å². The van der Waals surface area contributed by atoms with Crippen LogP contribution in [0.25, 0.3) is 0 Å². The second kappa shape index (κ2) is 7.46. The van der Waals surface area contributed by atoms with Gasteiger partial charge < -0.3 is 15.7 Å². The molecule has 112 valence electrons. The molecule has 0 aromatic carbocycles. The molecule has 1 aromatic rings. The van der Waals surface area contributed by atoms with Crippen LogP contribution in [0.4, 0.5) is 4.79 Å². The molecule has 2 amide bonds. The Morgan fingerprint density at radius 3 is 2.55 bits per heavy atom. The number of amides is 2. The number of carboxylic acid groups (broad SMARTS) is 1. The van der Waals surface area contributed by atoms with Gasteiger partial charge in [0, 0.05) is 19.5 Å². The average molecular weight is 283 g/mol. The van der Waals surface area contributed by atoms with Gasteiger partial charge in [0.05, 0.1) is 5.41 Å². The van der Waals surface area contributed by atoms with E-state index in [9.17, 15) is 14.7 Å². The molecule has 0 aliphatic heterocycles. The normalized spacial score (nSPS) is 11.1. The number of carboxylic acids is 1. The summed E-state index contributed by atoms with van der Waals surface area (Å²) < 4.78 is 0. The summed E-state index contributed by atoms with van der Waals surface area (Å²) in [6, 6.07) is -0.378. The molecule has 0 aliphatic rings. The fraction of sp³-hybridized carbons (Fsp3) is 0.667. The van der Waals surface area contributed by atoms with Gasteiger partial charge in [0.1, 0.15) is 12.2 Å². The molecule has 0 atom stereocenters. The molecule has 8 nitrogen and oxygen atoms in total. The van der Waals surface area contributed by atoms with Crippen molar-refractivity contribution in [2.24, 2.45) is 5.41 Å². The second-order valence-corrected chi connectivity index (χ2v) is 4.58. The first-order valence-electron chi connectivity index (χ1n) is 6.63. The highest BCUT2D eigenvalue weighted by atomic mass is 16.4. The maximum Gasteiger partial charge on any atom is 0.314 e. The SMILES string of the molecule is CCC(CC)(CNC(=O)NCCc1ncn[nH]1)C(=O)O. The van der Waals surface area contributed by atoms with Crippen molar-refractivity contribution in [1.29, 1.82) is 0 Å². The average Bonchev–Trinajstić information content (AvgIpc) is 2.93. The number of aromatic amines is 1. The Hall–Kier alpha value is -2.12. The van der Waals surface area contributed by atoms with Gasteiger partial charge in [-0.1, -0.05) is 13.8 Å². The van der Waals surface area contributed by atoms with E-state index in [0.717, 1.165) is 0 Å². The molecule has 0 unspecified atom stereocenters. The highest BCUT2D eigenvalue weighted by Crippen LogP contribution is 2.25. The number of carbonyl (C=O) groups excluding carboxylic acids is 1. The van der Waals surface area contributed by atoms with E-state index in [1.165, 1.54) is 6.33 Å². The molecule has 0 saturated carbocycles. The highest BCUT2D eigenvalue weighted by Gasteiger charge is 2.35. The van der Waals surface area contributed by atoms with Crippen LogP contribution < -0.4 is 10.6 Å². The monoisotopic (exact) mass is 283 g/mol. The molecule has 1 aromatic heterocycles. The lowest BCUT2D eigenvalue weighted by molar-refractivity contribution is -0.149. The van der Waals surface area contributed by atoms with Gasteiger partial charge in [0.25, 0.3) is 0 Å². The smallest absolute Gasteiger partial charge is 0.314 e. The van der Waals surface area contributed by atoms with Gasteiger partial charge in [-0.3, -0.25) is 9.89 Å². The van der Waals surface area contributed by atoms with Gasteiger partial charge >= 0.3 is 12.0 Å². The predicted octanol–water partition coefficient (Wildman–Crippen LogP) is 0.537. The molecule has 0 saturated heterocycles. The van der Waals surface area contributed by atoms with E-state index in [4.69, 9.17) is 0 Å². The van der Waals surface area contributed by atoms with Crippen molar-refractivity contribution >= 4 is 12.0 Å². The zero-order valence-corrected chi connectivity index (χ0v) is 11.8. The van der Waals surface area contributed by atoms with E-state index in [2.05, 4.69) is 25.8 Å². The van der Waals surface area contributed by atoms with Crippen LogP contribution in [0.15, 0.2) is 6.33 Å². The van der Waals surface area contributed by atoms with Crippen LogP contribution in [0, 0.1) is 5.41 Å². The van der Waals surface area contributed by atoms with Gasteiger partial charge in [-0.25, -0.2) is 9.78 Å². The summed E-state index contributed by atoms with van der Waals surface area (Å²) in [7, 11) is 0. The lowest BCUT2D eigenvalue weighted by Crippen LogP contribution is -2.46. The van der Waals surface area contributed by atoms with Gasteiger partial charge in [-0.05, 0) is 12.8 Å². The Morgan fingerprint density at radius 1 is 1.35 bits per heavy atom. The van der Waals surface area contributed by atoms with Crippen molar-refractivity contribution < 1.29 is 14.7 Å². The molecular weight excluding hydrogens is 262 g/mol. The largest absolute Gasteiger partial charge is 0.481 e. The van der Waals surface area contributed by atoms with Crippen molar-refractivity contribution in [3.63, 3.8) is 0 Å². The molecular formula is C12H21N5O3. The first-order chi connectivity index (χ1) is 9.54. The van der Waals surface area contributed by atoms with Crippen LogP contribution in [0.1, 0.15) is 32.5 Å². The van der Waals surface area contributed by atoms with E-state index in [1.54, 1.807) is 13.8 Å². The summed E-state index contributed by atoms with van der Waals surface area (Å²) in [6.45, 7) is 4.13. The number of hydrogen-bond donors (Lipinski definition) is 4. The lowest BCUT2D eigenvalue weighted by Gasteiger charge is -2.26. The van der Waals surface area contributed by atoms with Crippen molar-refractivity contribution in [3.05, 3.63) is 12.2 Å². The third kappa shape index (κ3) is 4.22. The second-order valence-electron chi connectivity index (χ2n) is 4.58. The zero-order chi connectivity index (χ0) is 15.0. The minimum Gasteiger partial charge on any atom is -0.481 e. The fourth-order valence-electron chi connectivity index (χ4n) is 1.84. The summed E-state index contributed by atoms with van der Waals surface area (Å²) in [5.74, 6) is -0.197. The van der Waals surface area contributed by atoms with Crippen LogP contribution >= 0.6 is 0 Å². The van der Waals surface area contributed by atoms with Crippen LogP contribution in [-0.2, 0) is 11.2 Å². The summed E-state index contributed by atoms with van der Waals surface area (Å²) >= 11 is 0. The van der Waals surface area contributed by atoms with Crippen molar-refractivity contribution in [1.82, 2.24) is 25.8 Å². The Kier molecular flexibility index (Phi) is 5.95. The topological polar surface area (TPSA) is 120 Å². The number of H-pyrrole nitrogens is 1. The molecule has 1 heterocycles. The highest BCUT2D eigenvalue weighted by molar-refractivity contribution is 5.78. The molecule has 8 heteroatoms. The fourth-order valence-corrected chi connectivity index (χ4v) is 1.84. The molecule has 0 aliphatic carbocycles. The Morgan fingerprint density at radius 2 is 2.05 bits per heavy atom. The summed E-state index contributed by atoms with van der Waals surface area (Å²) in [5, 5.41) is 20.9.